The van der Waals surface area contributed by atoms with E-state index in [-0.39, 0.29) is 0 Å². The first-order valence-corrected chi connectivity index (χ1v) is 8.36. The van der Waals surface area contributed by atoms with Gasteiger partial charge < -0.3 is 5.32 Å². The van der Waals surface area contributed by atoms with Crippen molar-refractivity contribution in [1.29, 1.82) is 0 Å². The van der Waals surface area contributed by atoms with Gasteiger partial charge in [0.15, 0.2) is 0 Å². The lowest BCUT2D eigenvalue weighted by molar-refractivity contribution is 0.669. The van der Waals surface area contributed by atoms with E-state index in [2.05, 4.69) is 71.8 Å². The van der Waals surface area contributed by atoms with E-state index in [4.69, 9.17) is 5.10 Å². The fraction of sp³-hybridized carbons (Fsp3) is 0.471. The smallest absolute Gasteiger partial charge is 0.0678 e. The molecule has 2 aromatic rings. The highest BCUT2D eigenvalue weighted by Crippen LogP contribution is 2.23. The molecule has 0 aliphatic rings. The molecule has 0 amide bonds. The number of rotatable bonds is 6. The SMILES string of the molecule is CCCNCCc1c(C)nn(-c2ccc(Br)cc2C)c1C. The number of hydrogen-bond donors (Lipinski definition) is 1. The molecule has 0 spiro atoms. The van der Waals surface area contributed by atoms with Crippen molar-refractivity contribution >= 4 is 15.9 Å². The summed E-state index contributed by atoms with van der Waals surface area (Å²) in [5.74, 6) is 0. The molecule has 4 heteroatoms. The van der Waals surface area contributed by atoms with E-state index in [1.807, 2.05) is 0 Å². The number of aryl methyl sites for hydroxylation is 2. The number of halogens is 1. The molecule has 0 aliphatic carbocycles. The molecular formula is C17H24BrN3. The molecule has 0 bridgehead atoms. The van der Waals surface area contributed by atoms with E-state index in [1.54, 1.807) is 0 Å². The highest BCUT2D eigenvalue weighted by atomic mass is 79.9. The number of hydrogen-bond acceptors (Lipinski definition) is 2. The van der Waals surface area contributed by atoms with Gasteiger partial charge in [0.05, 0.1) is 11.4 Å². The van der Waals surface area contributed by atoms with Crippen LogP contribution in [0.4, 0.5) is 0 Å². The maximum atomic E-state index is 4.74. The summed E-state index contributed by atoms with van der Waals surface area (Å²) >= 11 is 3.52. The lowest BCUT2D eigenvalue weighted by Crippen LogP contribution is -2.18. The van der Waals surface area contributed by atoms with Crippen LogP contribution >= 0.6 is 15.9 Å². The Bertz CT molecular complexity index is 617. The van der Waals surface area contributed by atoms with E-state index < -0.39 is 0 Å². The molecule has 1 aromatic carbocycles. The first-order chi connectivity index (χ1) is 10.0. The monoisotopic (exact) mass is 349 g/mol. The van der Waals surface area contributed by atoms with Gasteiger partial charge in [-0.15, -0.1) is 0 Å². The molecule has 2 rings (SSSR count). The second-order valence-electron chi connectivity index (χ2n) is 5.49. The molecule has 1 heterocycles. The lowest BCUT2D eigenvalue weighted by atomic mass is 10.1. The van der Waals surface area contributed by atoms with Crippen LogP contribution in [-0.4, -0.2) is 22.9 Å². The third kappa shape index (κ3) is 3.74. The van der Waals surface area contributed by atoms with Crippen molar-refractivity contribution in [3.63, 3.8) is 0 Å². The van der Waals surface area contributed by atoms with Gasteiger partial charge in [-0.3, -0.25) is 0 Å². The lowest BCUT2D eigenvalue weighted by Gasteiger charge is -2.09. The van der Waals surface area contributed by atoms with Crippen molar-refractivity contribution in [1.82, 2.24) is 15.1 Å². The molecule has 114 valence electrons. The third-order valence-corrected chi connectivity index (χ3v) is 4.30. The second-order valence-corrected chi connectivity index (χ2v) is 6.41. The maximum absolute atomic E-state index is 4.74. The van der Waals surface area contributed by atoms with Crippen LogP contribution in [-0.2, 0) is 6.42 Å². The van der Waals surface area contributed by atoms with Gasteiger partial charge >= 0.3 is 0 Å². The van der Waals surface area contributed by atoms with Gasteiger partial charge in [0.2, 0.25) is 0 Å². The fourth-order valence-electron chi connectivity index (χ4n) is 2.64. The zero-order chi connectivity index (χ0) is 15.4. The van der Waals surface area contributed by atoms with Crippen LogP contribution in [0.15, 0.2) is 22.7 Å². The standard InChI is InChI=1S/C17H24BrN3/c1-5-9-19-10-8-16-13(3)20-21(14(16)4)17-7-6-15(18)11-12(17)2/h6-7,11,19H,5,8-10H2,1-4H3. The molecular weight excluding hydrogens is 326 g/mol. The number of nitrogens with one attached hydrogen (secondary N) is 1. The van der Waals surface area contributed by atoms with E-state index in [0.717, 1.165) is 35.4 Å². The Morgan fingerprint density at radius 1 is 1.19 bits per heavy atom. The third-order valence-electron chi connectivity index (χ3n) is 3.81. The summed E-state index contributed by atoms with van der Waals surface area (Å²) in [5.41, 5.74) is 6.13. The summed E-state index contributed by atoms with van der Waals surface area (Å²) in [6.45, 7) is 10.7. The Balaban J connectivity index is 2.26. The molecule has 0 atom stereocenters. The van der Waals surface area contributed by atoms with Crippen LogP contribution in [0.3, 0.4) is 0 Å². The number of aromatic nitrogens is 2. The molecule has 0 fully saturated rings. The molecule has 0 aliphatic heterocycles. The molecule has 0 unspecified atom stereocenters. The van der Waals surface area contributed by atoms with Gasteiger partial charge in [0, 0.05) is 10.2 Å². The van der Waals surface area contributed by atoms with Gasteiger partial charge in [-0.05, 0) is 76.0 Å². The molecule has 0 radical (unpaired) electrons. The van der Waals surface area contributed by atoms with Crippen molar-refractivity contribution in [2.75, 3.05) is 13.1 Å². The summed E-state index contributed by atoms with van der Waals surface area (Å²) in [6.07, 6.45) is 2.21. The second kappa shape index (κ2) is 7.23. The predicted molar refractivity (Wildman–Crippen MR) is 92.3 cm³/mol. The van der Waals surface area contributed by atoms with E-state index in [9.17, 15) is 0 Å². The predicted octanol–water partition coefficient (Wildman–Crippen LogP) is 4.10. The summed E-state index contributed by atoms with van der Waals surface area (Å²) in [6, 6.07) is 6.33. The van der Waals surface area contributed by atoms with Crippen molar-refractivity contribution in [3.8, 4) is 5.69 Å². The summed E-state index contributed by atoms with van der Waals surface area (Å²) in [4.78, 5) is 0. The van der Waals surface area contributed by atoms with Crippen molar-refractivity contribution in [2.24, 2.45) is 0 Å². The molecule has 0 saturated heterocycles. The average Bonchev–Trinajstić information content (AvgIpc) is 2.71. The maximum Gasteiger partial charge on any atom is 0.0678 e. The Morgan fingerprint density at radius 3 is 2.62 bits per heavy atom. The molecule has 21 heavy (non-hydrogen) atoms. The van der Waals surface area contributed by atoms with E-state index in [0.29, 0.717) is 0 Å². The largest absolute Gasteiger partial charge is 0.316 e. The van der Waals surface area contributed by atoms with Gasteiger partial charge in [0.1, 0.15) is 0 Å². The van der Waals surface area contributed by atoms with Gasteiger partial charge in [-0.2, -0.15) is 5.10 Å². The zero-order valence-electron chi connectivity index (χ0n) is 13.3. The van der Waals surface area contributed by atoms with Gasteiger partial charge in [-0.1, -0.05) is 22.9 Å². The minimum Gasteiger partial charge on any atom is -0.316 e. The number of nitrogens with zero attached hydrogens (tertiary/aromatic N) is 2. The zero-order valence-corrected chi connectivity index (χ0v) is 14.9. The first kappa shape index (κ1) is 16.2. The minimum atomic E-state index is 1.01. The highest BCUT2D eigenvalue weighted by molar-refractivity contribution is 9.10. The summed E-state index contributed by atoms with van der Waals surface area (Å²) in [7, 11) is 0. The quantitative estimate of drug-likeness (QED) is 0.795. The van der Waals surface area contributed by atoms with Crippen LogP contribution in [0.5, 0.6) is 0 Å². The summed E-state index contributed by atoms with van der Waals surface area (Å²) in [5, 5.41) is 8.21. The minimum absolute atomic E-state index is 1.01. The molecule has 0 saturated carbocycles. The topological polar surface area (TPSA) is 29.9 Å². The van der Waals surface area contributed by atoms with E-state index >= 15 is 0 Å². The van der Waals surface area contributed by atoms with Crippen LogP contribution in [0.1, 0.15) is 35.9 Å². The Kier molecular flexibility index (Phi) is 5.59. The van der Waals surface area contributed by atoms with Crippen LogP contribution in [0, 0.1) is 20.8 Å². The molecule has 3 nitrogen and oxygen atoms in total. The normalized spacial score (nSPS) is 11.1. The van der Waals surface area contributed by atoms with Crippen molar-refractivity contribution < 1.29 is 0 Å². The fourth-order valence-corrected chi connectivity index (χ4v) is 3.12. The van der Waals surface area contributed by atoms with E-state index in [1.165, 1.54) is 23.2 Å². The van der Waals surface area contributed by atoms with Crippen molar-refractivity contribution in [3.05, 3.63) is 45.2 Å². The number of benzene rings is 1. The molecule has 1 N–H and O–H groups in total. The summed E-state index contributed by atoms with van der Waals surface area (Å²) < 4.78 is 3.18. The Morgan fingerprint density at radius 2 is 1.95 bits per heavy atom. The molecule has 1 aromatic heterocycles. The van der Waals surface area contributed by atoms with Crippen LogP contribution in [0.25, 0.3) is 5.69 Å². The Labute approximate surface area is 135 Å². The van der Waals surface area contributed by atoms with Crippen molar-refractivity contribution in [2.45, 2.75) is 40.5 Å². The first-order valence-electron chi connectivity index (χ1n) is 7.57. The van der Waals surface area contributed by atoms with Crippen LogP contribution < -0.4 is 5.32 Å². The highest BCUT2D eigenvalue weighted by Gasteiger charge is 2.13. The average molecular weight is 350 g/mol. The Hall–Kier alpha value is -1.13. The van der Waals surface area contributed by atoms with Crippen LogP contribution in [0.2, 0.25) is 0 Å². The van der Waals surface area contributed by atoms with Gasteiger partial charge in [-0.25, -0.2) is 4.68 Å². The van der Waals surface area contributed by atoms with Gasteiger partial charge in [0.25, 0.3) is 0 Å².